The van der Waals surface area contributed by atoms with Crippen molar-refractivity contribution in [3.63, 3.8) is 0 Å². The van der Waals surface area contributed by atoms with Gasteiger partial charge >= 0.3 is 0 Å². The minimum Gasteiger partial charge on any atom is -0.492 e. The monoisotopic (exact) mass is 626 g/mol. The minimum atomic E-state index is -0.200. The van der Waals surface area contributed by atoms with Crippen molar-refractivity contribution in [2.24, 2.45) is 4.99 Å². The van der Waals surface area contributed by atoms with Crippen LogP contribution in [0.5, 0.6) is 0 Å². The molecule has 0 atom stereocenters. The smallest absolute Gasteiger partial charge is 0.252 e. The number of anilines is 1. The first-order chi connectivity index (χ1) is 22.2. The largest absolute Gasteiger partial charge is 0.492 e. The number of likely N-dealkylation sites (N-methyl/N-ethyl adjacent to an activating group) is 1. The van der Waals surface area contributed by atoms with Gasteiger partial charge in [0.25, 0.3) is 5.91 Å². The lowest BCUT2D eigenvalue weighted by Gasteiger charge is -2.32. The predicted molar refractivity (Wildman–Crippen MR) is 194 cm³/mol. The summed E-state index contributed by atoms with van der Waals surface area (Å²) in [7, 11) is 2.17. The van der Waals surface area contributed by atoms with Crippen LogP contribution in [0, 0.1) is 0 Å². The number of amides is 1. The van der Waals surface area contributed by atoms with Gasteiger partial charge in [0.15, 0.2) is 0 Å². The summed E-state index contributed by atoms with van der Waals surface area (Å²) < 4.78 is 8.14. The molecule has 1 amide bonds. The molecule has 1 aliphatic heterocycles. The molecule has 8 heteroatoms. The van der Waals surface area contributed by atoms with Crippen LogP contribution in [0.25, 0.3) is 10.9 Å². The van der Waals surface area contributed by atoms with Crippen LogP contribution in [0.3, 0.4) is 0 Å². The first-order valence-electron chi connectivity index (χ1n) is 16.5. The summed E-state index contributed by atoms with van der Waals surface area (Å²) in [6, 6.07) is 5.89. The van der Waals surface area contributed by atoms with Crippen molar-refractivity contribution < 1.29 is 9.53 Å². The maximum Gasteiger partial charge on any atom is 0.252 e. The molecule has 2 heterocycles. The molecule has 0 bridgehead atoms. The lowest BCUT2D eigenvalue weighted by Crippen LogP contribution is -2.45. The van der Waals surface area contributed by atoms with Gasteiger partial charge in [0.05, 0.1) is 17.4 Å². The number of nitrogens with one attached hydrogen (secondary N) is 1. The molecule has 1 fully saturated rings. The Morgan fingerprint density at radius 3 is 2.54 bits per heavy atom. The van der Waals surface area contributed by atoms with Crippen LogP contribution in [0.2, 0.25) is 0 Å². The Morgan fingerprint density at radius 2 is 1.80 bits per heavy atom. The Morgan fingerprint density at radius 1 is 1.04 bits per heavy atom. The molecule has 0 unspecified atom stereocenters. The number of ether oxygens (including phenoxy) is 1. The van der Waals surface area contributed by atoms with Crippen LogP contribution >= 0.6 is 0 Å². The SMILES string of the molecule is CCC\C=C/C(=C\C(C)=N\C=C(/C)C(=O)Nc1cccc2c1cnn2CC/C(C)=C/C=C\C=C(C)C)OCCN1CCN(C)CC1. The number of aromatic nitrogens is 2. The standard InChI is InChI=1S/C38H54N6O2/c1-8-9-10-16-34(46-26-25-43-23-21-42(7)22-24-43)27-33(6)39-28-32(5)38(45)41-36-17-13-18-37-35(36)29-40-44(37)20-19-31(4)15-12-11-14-30(2)3/h10-18,27-29H,8-9,19-26H2,1-7H3,(H,41,45)/b12-11-,16-10-,31-15+,32-28+,34-27+,39-33+. The Labute approximate surface area is 276 Å². The van der Waals surface area contributed by atoms with E-state index in [-0.39, 0.29) is 5.91 Å². The molecular weight excluding hydrogens is 572 g/mol. The number of aliphatic imine (C=N–C) groups is 1. The number of piperazine rings is 1. The van der Waals surface area contributed by atoms with E-state index in [1.54, 1.807) is 13.1 Å². The second kappa shape index (κ2) is 19.5. The maximum atomic E-state index is 13.1. The Kier molecular flexibility index (Phi) is 15.4. The molecule has 0 aliphatic carbocycles. The number of aryl methyl sites for hydroxylation is 1. The molecule has 0 radical (unpaired) electrons. The third-order valence-corrected chi connectivity index (χ3v) is 7.76. The summed E-state index contributed by atoms with van der Waals surface area (Å²) in [6.07, 6.45) is 20.9. The van der Waals surface area contributed by atoms with Crippen molar-refractivity contribution in [2.45, 2.75) is 67.3 Å². The molecule has 0 spiro atoms. The van der Waals surface area contributed by atoms with Crippen LogP contribution in [0.15, 0.2) is 101 Å². The second-order valence-electron chi connectivity index (χ2n) is 12.3. The highest BCUT2D eigenvalue weighted by Crippen LogP contribution is 2.24. The number of carbonyl (C=O) groups excluding carboxylic acids is 1. The van der Waals surface area contributed by atoms with E-state index in [9.17, 15) is 4.79 Å². The first-order valence-corrected chi connectivity index (χ1v) is 16.5. The van der Waals surface area contributed by atoms with Gasteiger partial charge in [-0.1, -0.05) is 60.9 Å². The molecule has 248 valence electrons. The molecule has 1 aromatic heterocycles. The molecule has 1 saturated heterocycles. The van der Waals surface area contributed by atoms with Gasteiger partial charge in [-0.25, -0.2) is 0 Å². The fourth-order valence-electron chi connectivity index (χ4n) is 4.81. The van der Waals surface area contributed by atoms with Crippen molar-refractivity contribution in [3.8, 4) is 0 Å². The molecular formula is C38H54N6O2. The molecule has 1 aliphatic rings. The van der Waals surface area contributed by atoms with Gasteiger partial charge in [-0.15, -0.1) is 0 Å². The number of allylic oxidation sites excluding steroid dienone is 9. The summed E-state index contributed by atoms with van der Waals surface area (Å²) in [5.41, 5.74) is 5.55. The average Bonchev–Trinajstić information content (AvgIpc) is 3.45. The number of unbranched alkanes of at least 4 members (excludes halogenated alkanes) is 1. The van der Waals surface area contributed by atoms with E-state index in [0.717, 1.165) is 86.6 Å². The molecule has 2 aromatic rings. The first kappa shape index (κ1) is 36.5. The number of nitrogens with zero attached hydrogens (tertiary/aromatic N) is 5. The topological polar surface area (TPSA) is 75.0 Å². The average molecular weight is 627 g/mol. The molecule has 8 nitrogen and oxygen atoms in total. The van der Waals surface area contributed by atoms with Crippen LogP contribution in [0.1, 0.15) is 60.8 Å². The zero-order valence-corrected chi connectivity index (χ0v) is 29.1. The lowest BCUT2D eigenvalue weighted by molar-refractivity contribution is -0.112. The summed E-state index contributed by atoms with van der Waals surface area (Å²) in [6.45, 7) is 18.8. The quantitative estimate of drug-likeness (QED) is 0.0895. The van der Waals surface area contributed by atoms with E-state index in [1.165, 1.54) is 11.1 Å². The van der Waals surface area contributed by atoms with Gasteiger partial charge in [-0.3, -0.25) is 19.4 Å². The number of fused-ring (bicyclic) bond motifs is 1. The highest BCUT2D eigenvalue weighted by Gasteiger charge is 2.14. The Hall–Kier alpha value is -4.01. The number of hydrogen-bond acceptors (Lipinski definition) is 6. The van der Waals surface area contributed by atoms with E-state index in [1.807, 2.05) is 48.2 Å². The van der Waals surface area contributed by atoms with Crippen molar-refractivity contribution >= 4 is 28.2 Å². The van der Waals surface area contributed by atoms with E-state index in [0.29, 0.717) is 12.2 Å². The number of benzene rings is 1. The van der Waals surface area contributed by atoms with E-state index >= 15 is 0 Å². The maximum absolute atomic E-state index is 13.1. The van der Waals surface area contributed by atoms with Gasteiger partial charge in [0, 0.05) is 68.2 Å². The van der Waals surface area contributed by atoms with E-state index in [4.69, 9.17) is 4.74 Å². The van der Waals surface area contributed by atoms with Crippen molar-refractivity contribution in [2.75, 3.05) is 51.7 Å². The molecule has 3 rings (SSSR count). The predicted octanol–water partition coefficient (Wildman–Crippen LogP) is 7.70. The summed E-state index contributed by atoms with van der Waals surface area (Å²) in [5.74, 6) is 0.586. The molecule has 1 aromatic carbocycles. The normalized spacial score (nSPS) is 16.2. The van der Waals surface area contributed by atoms with Gasteiger partial charge in [0.2, 0.25) is 0 Å². The van der Waals surface area contributed by atoms with Gasteiger partial charge < -0.3 is 15.0 Å². The molecule has 46 heavy (non-hydrogen) atoms. The van der Waals surface area contributed by atoms with E-state index < -0.39 is 0 Å². The lowest BCUT2D eigenvalue weighted by atomic mass is 10.2. The van der Waals surface area contributed by atoms with Crippen LogP contribution in [0.4, 0.5) is 5.69 Å². The molecule has 0 saturated carbocycles. The molecule has 1 N–H and O–H groups in total. The van der Waals surface area contributed by atoms with Gasteiger partial charge in [-0.05, 0) is 72.7 Å². The Bertz CT molecular complexity index is 1490. The third-order valence-electron chi connectivity index (χ3n) is 7.76. The van der Waals surface area contributed by atoms with E-state index in [2.05, 4.69) is 90.3 Å². The zero-order valence-electron chi connectivity index (χ0n) is 29.1. The van der Waals surface area contributed by atoms with Crippen molar-refractivity contribution in [1.29, 1.82) is 0 Å². The van der Waals surface area contributed by atoms with Crippen LogP contribution < -0.4 is 5.32 Å². The fourth-order valence-corrected chi connectivity index (χ4v) is 4.81. The Balaban J connectivity index is 1.62. The number of carbonyl (C=O) groups is 1. The summed E-state index contributed by atoms with van der Waals surface area (Å²) >= 11 is 0. The summed E-state index contributed by atoms with van der Waals surface area (Å²) in [5, 5.41) is 8.57. The highest BCUT2D eigenvalue weighted by atomic mass is 16.5. The zero-order chi connectivity index (χ0) is 33.3. The number of hydrogen-bond donors (Lipinski definition) is 1. The van der Waals surface area contributed by atoms with Gasteiger partial charge in [0.1, 0.15) is 12.4 Å². The van der Waals surface area contributed by atoms with Crippen LogP contribution in [-0.2, 0) is 16.1 Å². The minimum absolute atomic E-state index is 0.200. The summed E-state index contributed by atoms with van der Waals surface area (Å²) in [4.78, 5) is 22.5. The number of rotatable bonds is 16. The van der Waals surface area contributed by atoms with Crippen LogP contribution in [-0.4, -0.2) is 77.6 Å². The second-order valence-corrected chi connectivity index (χ2v) is 12.3. The van der Waals surface area contributed by atoms with Gasteiger partial charge in [-0.2, -0.15) is 5.10 Å². The van der Waals surface area contributed by atoms with Crippen molar-refractivity contribution in [1.82, 2.24) is 19.6 Å². The highest BCUT2D eigenvalue weighted by molar-refractivity contribution is 6.08. The van der Waals surface area contributed by atoms with Crippen molar-refractivity contribution in [3.05, 3.63) is 95.6 Å². The third kappa shape index (κ3) is 12.8. The fraction of sp³-hybridized carbons (Fsp3) is 0.447.